The van der Waals surface area contributed by atoms with E-state index in [1.165, 1.54) is 5.57 Å². The smallest absolute Gasteiger partial charge is 0.170 e. The molecule has 0 aromatic heterocycles. The van der Waals surface area contributed by atoms with Gasteiger partial charge in [-0.05, 0) is 69.9 Å². The average molecular weight is 638 g/mol. The third kappa shape index (κ3) is 5.53. The molecule has 0 saturated heterocycles. The number of Topliss-reactive ketones (excluding diaryl/α,β-unsaturated/α-hetero) is 1. The van der Waals surface area contributed by atoms with Crippen molar-refractivity contribution in [3.05, 3.63) is 93.6 Å². The first-order valence-corrected chi connectivity index (χ1v) is 14.9. The fourth-order valence-corrected chi connectivity index (χ4v) is 7.33. The molecule has 206 valence electrons. The van der Waals surface area contributed by atoms with Crippen molar-refractivity contribution < 1.29 is 14.3 Å². The summed E-state index contributed by atoms with van der Waals surface area (Å²) >= 11 is 2.40. The Hall–Kier alpha value is -2.27. The number of nitriles is 1. The Kier molecular flexibility index (Phi) is 9.20. The largest absolute Gasteiger partial charge is 0.373 e. The zero-order chi connectivity index (χ0) is 28.3. The maximum absolute atomic E-state index is 15.1. The van der Waals surface area contributed by atoms with Gasteiger partial charge in [-0.25, -0.2) is 0 Å². The van der Waals surface area contributed by atoms with Gasteiger partial charge in [0, 0.05) is 16.7 Å². The lowest BCUT2D eigenvalue weighted by molar-refractivity contribution is -0.182. The molecule has 5 heteroatoms. The molecule has 5 atom stereocenters. The molecule has 0 aliphatic heterocycles. The van der Waals surface area contributed by atoms with E-state index in [0.29, 0.717) is 32.5 Å². The molecule has 2 aromatic carbocycles. The Morgan fingerprint density at radius 1 is 1.05 bits per heavy atom. The van der Waals surface area contributed by atoms with E-state index in [0.717, 1.165) is 21.1 Å². The fourth-order valence-electron chi connectivity index (χ4n) is 6.62. The minimum Gasteiger partial charge on any atom is -0.373 e. The number of ketones is 1. The fraction of sp³-hybridized carbons (Fsp3) is 0.471. The molecule has 0 amide bonds. The SMILES string of the molecule is C=C[C@]1(C)[C@@H](OCc2ccccc2)CC[C@@H](C#N)[C@H]1C(=O)[C@]1(OCc2ccccc2)CCC(C)=C(I)C1(C)C. The molecule has 0 N–H and O–H groups in total. The Morgan fingerprint density at radius 2 is 1.64 bits per heavy atom. The van der Waals surface area contributed by atoms with Crippen molar-refractivity contribution in [3.63, 3.8) is 0 Å². The van der Waals surface area contributed by atoms with Gasteiger partial charge in [-0.15, -0.1) is 6.58 Å². The predicted molar refractivity (Wildman–Crippen MR) is 164 cm³/mol. The normalized spacial score (nSPS) is 30.4. The van der Waals surface area contributed by atoms with Crippen molar-refractivity contribution in [2.45, 2.75) is 78.3 Å². The molecular weight excluding hydrogens is 597 g/mol. The summed E-state index contributed by atoms with van der Waals surface area (Å²) in [6.07, 6.45) is 4.31. The lowest BCUT2D eigenvalue weighted by Gasteiger charge is -2.54. The zero-order valence-corrected chi connectivity index (χ0v) is 25.7. The molecule has 4 rings (SSSR count). The number of carbonyl (C=O) groups excluding carboxylic acids is 1. The van der Waals surface area contributed by atoms with Crippen LogP contribution in [-0.4, -0.2) is 17.5 Å². The lowest BCUT2D eigenvalue weighted by Crippen LogP contribution is -2.62. The molecule has 2 aliphatic rings. The molecule has 1 fully saturated rings. The van der Waals surface area contributed by atoms with E-state index >= 15 is 4.79 Å². The topological polar surface area (TPSA) is 59.3 Å². The molecule has 0 radical (unpaired) electrons. The van der Waals surface area contributed by atoms with Gasteiger partial charge in [0.2, 0.25) is 0 Å². The van der Waals surface area contributed by atoms with Crippen LogP contribution in [0.5, 0.6) is 0 Å². The average Bonchev–Trinajstić information content (AvgIpc) is 2.95. The van der Waals surface area contributed by atoms with Gasteiger partial charge in [-0.3, -0.25) is 4.79 Å². The highest BCUT2D eigenvalue weighted by molar-refractivity contribution is 14.1. The number of ether oxygens (including phenoxy) is 2. The number of halogens is 1. The van der Waals surface area contributed by atoms with Gasteiger partial charge in [0.05, 0.1) is 31.3 Å². The predicted octanol–water partition coefficient (Wildman–Crippen LogP) is 8.37. The van der Waals surface area contributed by atoms with Crippen molar-refractivity contribution in [1.82, 2.24) is 0 Å². The summed E-state index contributed by atoms with van der Waals surface area (Å²) in [6, 6.07) is 22.6. The van der Waals surface area contributed by atoms with E-state index in [1.807, 2.05) is 66.7 Å². The third-order valence-corrected chi connectivity index (χ3v) is 11.5. The summed E-state index contributed by atoms with van der Waals surface area (Å²) in [6.45, 7) is 13.4. The van der Waals surface area contributed by atoms with Gasteiger partial charge in [0.1, 0.15) is 5.60 Å². The first-order valence-electron chi connectivity index (χ1n) is 13.9. The van der Waals surface area contributed by atoms with Crippen LogP contribution in [-0.2, 0) is 27.5 Å². The minimum atomic E-state index is -1.08. The quantitative estimate of drug-likeness (QED) is 0.205. The van der Waals surface area contributed by atoms with E-state index in [2.05, 4.69) is 62.9 Å². The van der Waals surface area contributed by atoms with Crippen LogP contribution in [0.4, 0.5) is 0 Å². The van der Waals surface area contributed by atoms with Gasteiger partial charge in [-0.2, -0.15) is 5.26 Å². The Morgan fingerprint density at radius 3 is 2.21 bits per heavy atom. The third-order valence-electron chi connectivity index (χ3n) is 9.20. The molecule has 2 aliphatic carbocycles. The highest BCUT2D eigenvalue weighted by Crippen LogP contribution is 2.57. The zero-order valence-electron chi connectivity index (χ0n) is 23.6. The number of benzene rings is 2. The maximum atomic E-state index is 15.1. The van der Waals surface area contributed by atoms with Crippen LogP contribution in [0.3, 0.4) is 0 Å². The van der Waals surface area contributed by atoms with Crippen molar-refractivity contribution in [2.24, 2.45) is 22.7 Å². The molecule has 0 spiro atoms. The molecule has 0 unspecified atom stereocenters. The van der Waals surface area contributed by atoms with Crippen LogP contribution in [0.25, 0.3) is 0 Å². The monoisotopic (exact) mass is 637 g/mol. The molecule has 1 saturated carbocycles. The van der Waals surface area contributed by atoms with Crippen molar-refractivity contribution in [1.29, 1.82) is 5.26 Å². The number of nitrogens with zero attached hydrogens (tertiary/aromatic N) is 1. The standard InChI is InChI=1S/C34H40INO3/c1-6-33(5)28(38-22-25-13-9-7-10-14-25)18-17-27(21-36)29(33)31(37)34(39-23-26-15-11-8-12-16-26)20-19-24(2)30(35)32(34,3)4/h6-16,27-29H,1,17-20,22-23H2,2-5H3/t27-,28-,29-,33+,34+/m0/s1. The number of allylic oxidation sites excluding steroid dienone is 1. The van der Waals surface area contributed by atoms with Gasteiger partial charge in [0.25, 0.3) is 0 Å². The number of hydrogen-bond donors (Lipinski definition) is 0. The lowest BCUT2D eigenvalue weighted by atomic mass is 9.54. The molecule has 0 bridgehead atoms. The summed E-state index contributed by atoms with van der Waals surface area (Å²) < 4.78 is 14.5. The highest BCUT2D eigenvalue weighted by Gasteiger charge is 2.62. The second-order valence-corrected chi connectivity index (χ2v) is 12.9. The number of hydrogen-bond acceptors (Lipinski definition) is 4. The van der Waals surface area contributed by atoms with Crippen LogP contribution in [0.1, 0.15) is 64.5 Å². The van der Waals surface area contributed by atoms with Gasteiger partial charge >= 0.3 is 0 Å². The first-order chi connectivity index (χ1) is 18.6. The van der Waals surface area contributed by atoms with E-state index in [-0.39, 0.29) is 11.9 Å². The maximum Gasteiger partial charge on any atom is 0.170 e. The summed E-state index contributed by atoms with van der Waals surface area (Å²) in [5, 5.41) is 10.3. The summed E-state index contributed by atoms with van der Waals surface area (Å²) in [5.74, 6) is -1.02. The van der Waals surface area contributed by atoms with Crippen molar-refractivity contribution >= 4 is 28.4 Å². The molecule has 39 heavy (non-hydrogen) atoms. The molecule has 2 aromatic rings. The Balaban J connectivity index is 1.74. The summed E-state index contributed by atoms with van der Waals surface area (Å²) in [4.78, 5) is 15.1. The van der Waals surface area contributed by atoms with E-state index in [1.54, 1.807) is 0 Å². The van der Waals surface area contributed by atoms with Crippen molar-refractivity contribution in [2.75, 3.05) is 0 Å². The minimum absolute atomic E-state index is 0.00654. The molecular formula is C34H40INO3. The second kappa shape index (κ2) is 12.1. The first kappa shape index (κ1) is 29.7. The van der Waals surface area contributed by atoms with Crippen LogP contribution in [0, 0.1) is 34.0 Å². The molecule has 0 heterocycles. The van der Waals surface area contributed by atoms with Gasteiger partial charge < -0.3 is 9.47 Å². The van der Waals surface area contributed by atoms with Crippen LogP contribution in [0.2, 0.25) is 0 Å². The van der Waals surface area contributed by atoms with Gasteiger partial charge in [0.15, 0.2) is 5.78 Å². The number of carbonyl (C=O) groups is 1. The molecule has 4 nitrogen and oxygen atoms in total. The van der Waals surface area contributed by atoms with Crippen LogP contribution in [0.15, 0.2) is 82.5 Å². The van der Waals surface area contributed by atoms with Gasteiger partial charge in [-0.1, -0.05) is 93.1 Å². The van der Waals surface area contributed by atoms with E-state index in [9.17, 15) is 5.26 Å². The summed E-state index contributed by atoms with van der Waals surface area (Å²) in [7, 11) is 0. The van der Waals surface area contributed by atoms with Crippen molar-refractivity contribution in [3.8, 4) is 6.07 Å². The number of rotatable bonds is 9. The van der Waals surface area contributed by atoms with Crippen LogP contribution < -0.4 is 0 Å². The van der Waals surface area contributed by atoms with E-state index < -0.39 is 28.3 Å². The summed E-state index contributed by atoms with van der Waals surface area (Å²) in [5.41, 5.74) is 1.05. The van der Waals surface area contributed by atoms with Crippen LogP contribution >= 0.6 is 22.6 Å². The Bertz CT molecular complexity index is 1250. The Labute approximate surface area is 247 Å². The van der Waals surface area contributed by atoms with E-state index in [4.69, 9.17) is 9.47 Å². The second-order valence-electron chi connectivity index (χ2n) is 11.8. The highest BCUT2D eigenvalue weighted by atomic mass is 127.